The fraction of sp³-hybridized carbons (Fsp3) is 0.304. The summed E-state index contributed by atoms with van der Waals surface area (Å²) in [5.41, 5.74) is 12.2. The first-order chi connectivity index (χ1) is 15.7. The quantitative estimate of drug-likeness (QED) is 0.566. The summed E-state index contributed by atoms with van der Waals surface area (Å²) in [6, 6.07) is 6.70. The van der Waals surface area contributed by atoms with Gasteiger partial charge >= 0.3 is 6.18 Å². The van der Waals surface area contributed by atoms with E-state index in [1.54, 1.807) is 12.4 Å². The zero-order chi connectivity index (χ0) is 23.6. The Balaban J connectivity index is 1.65. The van der Waals surface area contributed by atoms with Crippen molar-refractivity contribution in [3.8, 4) is 11.4 Å². The number of piperidine rings is 1. The summed E-state index contributed by atoms with van der Waals surface area (Å²) in [6.45, 7) is 1.48. The Morgan fingerprint density at radius 2 is 2.00 bits per heavy atom. The van der Waals surface area contributed by atoms with Gasteiger partial charge < -0.3 is 16.4 Å². The highest BCUT2D eigenvalue weighted by molar-refractivity contribution is 6.01. The molecule has 3 aromatic rings. The van der Waals surface area contributed by atoms with Crippen LogP contribution in [-0.4, -0.2) is 39.9 Å². The van der Waals surface area contributed by atoms with E-state index >= 15 is 0 Å². The summed E-state index contributed by atoms with van der Waals surface area (Å²) in [6.07, 6.45) is 1.72. The lowest BCUT2D eigenvalue weighted by atomic mass is 10.0. The number of halogens is 3. The lowest BCUT2D eigenvalue weighted by Gasteiger charge is -2.33. The number of alkyl halides is 3. The average Bonchev–Trinajstić information content (AvgIpc) is 2.79. The number of ketones is 1. The van der Waals surface area contributed by atoms with Gasteiger partial charge in [0.2, 0.25) is 0 Å². The van der Waals surface area contributed by atoms with Gasteiger partial charge in [0.05, 0.1) is 16.9 Å². The van der Waals surface area contributed by atoms with E-state index in [1.165, 1.54) is 24.4 Å². The van der Waals surface area contributed by atoms with Crippen molar-refractivity contribution in [2.24, 2.45) is 5.73 Å². The van der Waals surface area contributed by atoms with Crippen molar-refractivity contribution in [3.05, 3.63) is 65.7 Å². The maximum Gasteiger partial charge on any atom is 0.418 e. The van der Waals surface area contributed by atoms with Crippen molar-refractivity contribution in [1.82, 2.24) is 15.0 Å². The lowest BCUT2D eigenvalue weighted by Crippen LogP contribution is -2.43. The van der Waals surface area contributed by atoms with Gasteiger partial charge in [-0.25, -0.2) is 4.98 Å². The molecule has 0 aliphatic carbocycles. The van der Waals surface area contributed by atoms with Crippen LogP contribution in [0.25, 0.3) is 11.4 Å². The van der Waals surface area contributed by atoms with Crippen molar-refractivity contribution in [2.45, 2.75) is 31.5 Å². The minimum Gasteiger partial charge on any atom is -0.397 e. The molecule has 0 amide bonds. The molecule has 0 bridgehead atoms. The number of hydrogen-bond acceptors (Lipinski definition) is 7. The van der Waals surface area contributed by atoms with Crippen LogP contribution in [0.15, 0.2) is 48.9 Å². The number of nitrogens with zero attached hydrogens (tertiary/aromatic N) is 4. The summed E-state index contributed by atoms with van der Waals surface area (Å²) in [4.78, 5) is 27.4. The summed E-state index contributed by atoms with van der Waals surface area (Å²) in [7, 11) is 0. The largest absolute Gasteiger partial charge is 0.418 e. The number of Topliss-reactive ketones (excluding diaryl/α,β-unsaturated/α-hetero) is 1. The Labute approximate surface area is 188 Å². The predicted octanol–water partition coefficient (Wildman–Crippen LogP) is 3.49. The highest BCUT2D eigenvalue weighted by Crippen LogP contribution is 2.35. The van der Waals surface area contributed by atoms with E-state index < -0.39 is 17.5 Å². The topological polar surface area (TPSA) is 111 Å². The number of carbonyl (C=O) groups excluding carboxylic acids is 1. The Hall–Kier alpha value is -3.53. The molecule has 4 rings (SSSR count). The number of pyridine rings is 3. The predicted molar refractivity (Wildman–Crippen MR) is 119 cm³/mol. The van der Waals surface area contributed by atoms with Crippen molar-refractivity contribution >= 4 is 17.2 Å². The van der Waals surface area contributed by atoms with Gasteiger partial charge in [-0.3, -0.25) is 14.8 Å². The smallest absolute Gasteiger partial charge is 0.397 e. The molecule has 3 aromatic heterocycles. The molecule has 33 heavy (non-hydrogen) atoms. The SMILES string of the molecule is Nc1ccc(-c2ncccc2C(F)(F)F)nc1C(=O)Cc1cnccc1N1CCC[C@H](N)C1. The molecule has 1 aliphatic rings. The Morgan fingerprint density at radius 3 is 2.76 bits per heavy atom. The van der Waals surface area contributed by atoms with Gasteiger partial charge in [0.25, 0.3) is 0 Å². The zero-order valence-corrected chi connectivity index (χ0v) is 17.7. The fourth-order valence-electron chi connectivity index (χ4n) is 4.01. The molecule has 4 heterocycles. The summed E-state index contributed by atoms with van der Waals surface area (Å²) < 4.78 is 40.3. The second kappa shape index (κ2) is 9.14. The van der Waals surface area contributed by atoms with Crippen LogP contribution < -0.4 is 16.4 Å². The normalized spacial score (nSPS) is 16.6. The minimum atomic E-state index is -4.61. The first-order valence-corrected chi connectivity index (χ1v) is 10.5. The molecule has 10 heteroatoms. The van der Waals surface area contributed by atoms with Gasteiger partial charge in [-0.05, 0) is 43.2 Å². The van der Waals surface area contributed by atoms with E-state index in [0.717, 1.165) is 31.1 Å². The van der Waals surface area contributed by atoms with Crippen LogP contribution in [0.5, 0.6) is 0 Å². The molecule has 1 aliphatic heterocycles. The van der Waals surface area contributed by atoms with Gasteiger partial charge in [0, 0.05) is 55.4 Å². The van der Waals surface area contributed by atoms with Crippen molar-refractivity contribution in [2.75, 3.05) is 23.7 Å². The summed E-state index contributed by atoms with van der Waals surface area (Å²) >= 11 is 0. The summed E-state index contributed by atoms with van der Waals surface area (Å²) in [5, 5.41) is 0. The van der Waals surface area contributed by atoms with E-state index in [1.807, 2.05) is 6.07 Å². The third-order valence-electron chi connectivity index (χ3n) is 5.57. The van der Waals surface area contributed by atoms with E-state index in [9.17, 15) is 18.0 Å². The Kier molecular flexibility index (Phi) is 6.28. The molecule has 0 aromatic carbocycles. The van der Waals surface area contributed by atoms with E-state index in [4.69, 9.17) is 11.5 Å². The molecule has 0 radical (unpaired) electrons. The number of rotatable bonds is 5. The molecule has 0 unspecified atom stereocenters. The first-order valence-electron chi connectivity index (χ1n) is 10.5. The molecule has 172 valence electrons. The van der Waals surface area contributed by atoms with Crippen molar-refractivity contribution in [3.63, 3.8) is 0 Å². The van der Waals surface area contributed by atoms with Gasteiger partial charge in [0.1, 0.15) is 11.4 Å². The zero-order valence-electron chi connectivity index (χ0n) is 17.7. The monoisotopic (exact) mass is 456 g/mol. The number of nitrogens with two attached hydrogens (primary N) is 2. The Bertz CT molecular complexity index is 1170. The fourth-order valence-corrected chi connectivity index (χ4v) is 4.01. The molecular weight excluding hydrogens is 433 g/mol. The van der Waals surface area contributed by atoms with Gasteiger partial charge in [-0.1, -0.05) is 0 Å². The van der Waals surface area contributed by atoms with Crippen LogP contribution in [0.1, 0.15) is 34.5 Å². The number of nitrogen functional groups attached to an aromatic ring is 1. The number of carbonyl (C=O) groups is 1. The lowest BCUT2D eigenvalue weighted by molar-refractivity contribution is -0.137. The first kappa shape index (κ1) is 22.7. The van der Waals surface area contributed by atoms with Crippen molar-refractivity contribution in [1.29, 1.82) is 0 Å². The molecule has 0 saturated carbocycles. The second-order valence-corrected chi connectivity index (χ2v) is 7.98. The number of aromatic nitrogens is 3. The van der Waals surface area contributed by atoms with Crippen LogP contribution >= 0.6 is 0 Å². The minimum absolute atomic E-state index is 0.0469. The third-order valence-corrected chi connectivity index (χ3v) is 5.57. The van der Waals surface area contributed by atoms with Crippen LogP contribution in [0.2, 0.25) is 0 Å². The highest BCUT2D eigenvalue weighted by Gasteiger charge is 2.35. The van der Waals surface area contributed by atoms with Crippen LogP contribution in [0.3, 0.4) is 0 Å². The average molecular weight is 456 g/mol. The molecule has 4 N–H and O–H groups in total. The molecule has 0 spiro atoms. The number of hydrogen-bond donors (Lipinski definition) is 2. The van der Waals surface area contributed by atoms with Gasteiger partial charge in [0.15, 0.2) is 5.78 Å². The molecular formula is C23H23F3N6O. The summed E-state index contributed by atoms with van der Waals surface area (Å²) in [5.74, 6) is -0.422. The van der Waals surface area contributed by atoms with E-state index in [0.29, 0.717) is 12.1 Å². The van der Waals surface area contributed by atoms with E-state index in [2.05, 4.69) is 19.9 Å². The van der Waals surface area contributed by atoms with Gasteiger partial charge in [-0.15, -0.1) is 0 Å². The maximum absolute atomic E-state index is 13.4. The van der Waals surface area contributed by atoms with Crippen LogP contribution in [-0.2, 0) is 12.6 Å². The van der Waals surface area contributed by atoms with E-state index in [-0.39, 0.29) is 35.2 Å². The Morgan fingerprint density at radius 1 is 1.18 bits per heavy atom. The molecule has 7 nitrogen and oxygen atoms in total. The highest BCUT2D eigenvalue weighted by atomic mass is 19.4. The molecule has 1 atom stereocenters. The van der Waals surface area contributed by atoms with Crippen LogP contribution in [0.4, 0.5) is 24.5 Å². The number of anilines is 2. The maximum atomic E-state index is 13.4. The van der Waals surface area contributed by atoms with Crippen LogP contribution in [0, 0.1) is 0 Å². The molecule has 1 saturated heterocycles. The standard InChI is InChI=1S/C23H23F3N6O/c24-23(25,26)16-4-1-8-30-21(16)18-6-5-17(28)22(31-18)20(33)11-14-12-29-9-7-19(14)32-10-2-3-15(27)13-32/h1,4-9,12,15H,2-3,10-11,13,27-28H2/t15-/m0/s1. The second-order valence-electron chi connectivity index (χ2n) is 7.98. The third kappa shape index (κ3) is 4.95. The molecule has 1 fully saturated rings. The van der Waals surface area contributed by atoms with Crippen molar-refractivity contribution < 1.29 is 18.0 Å². The van der Waals surface area contributed by atoms with Gasteiger partial charge in [-0.2, -0.15) is 13.2 Å².